The highest BCUT2D eigenvalue weighted by Gasteiger charge is 2.25. The van der Waals surface area contributed by atoms with Crippen LogP contribution in [0.4, 0.5) is 4.39 Å². The van der Waals surface area contributed by atoms with E-state index in [4.69, 9.17) is 9.47 Å². The van der Waals surface area contributed by atoms with Crippen molar-refractivity contribution in [2.24, 2.45) is 5.92 Å². The predicted molar refractivity (Wildman–Crippen MR) is 104 cm³/mol. The predicted octanol–water partition coefficient (Wildman–Crippen LogP) is 2.91. The van der Waals surface area contributed by atoms with E-state index in [1.54, 1.807) is 30.3 Å². The number of benzene rings is 2. The molecule has 150 valence electrons. The van der Waals surface area contributed by atoms with Gasteiger partial charge < -0.3 is 20.1 Å². The first-order valence-electron chi connectivity index (χ1n) is 8.90. The van der Waals surface area contributed by atoms with Crippen LogP contribution in [0.2, 0.25) is 0 Å². The van der Waals surface area contributed by atoms with Gasteiger partial charge in [-0.25, -0.2) is 4.39 Å². The average Bonchev–Trinajstić information content (AvgIpc) is 2.69. The molecule has 0 bridgehead atoms. The molecule has 0 saturated carbocycles. The lowest BCUT2D eigenvalue weighted by Gasteiger charge is -2.22. The monoisotopic (exact) mass is 388 g/mol. The zero-order valence-corrected chi connectivity index (χ0v) is 16.4. The van der Waals surface area contributed by atoms with Gasteiger partial charge in [0.1, 0.15) is 23.4 Å². The maximum atomic E-state index is 13.3. The minimum atomic E-state index is -0.752. The first kappa shape index (κ1) is 21.2. The fourth-order valence-electron chi connectivity index (χ4n) is 2.64. The molecule has 0 spiro atoms. The maximum absolute atomic E-state index is 13.3. The molecule has 0 aliphatic rings. The summed E-state index contributed by atoms with van der Waals surface area (Å²) >= 11 is 0. The lowest BCUT2D eigenvalue weighted by Crippen LogP contribution is -2.49. The Bertz CT molecular complexity index is 817. The van der Waals surface area contributed by atoms with Gasteiger partial charge in [0.05, 0.1) is 14.2 Å². The van der Waals surface area contributed by atoms with Gasteiger partial charge in [-0.3, -0.25) is 9.59 Å². The van der Waals surface area contributed by atoms with Gasteiger partial charge >= 0.3 is 0 Å². The molecule has 0 aliphatic carbocycles. The zero-order chi connectivity index (χ0) is 20.7. The Morgan fingerprint density at radius 2 is 1.68 bits per heavy atom. The highest BCUT2D eigenvalue weighted by atomic mass is 19.1. The van der Waals surface area contributed by atoms with Crippen molar-refractivity contribution in [2.75, 3.05) is 14.2 Å². The van der Waals surface area contributed by atoms with Crippen LogP contribution in [-0.2, 0) is 11.3 Å². The van der Waals surface area contributed by atoms with E-state index >= 15 is 0 Å². The zero-order valence-electron chi connectivity index (χ0n) is 16.4. The third kappa shape index (κ3) is 5.70. The first-order valence-corrected chi connectivity index (χ1v) is 8.90. The Morgan fingerprint density at radius 1 is 1.04 bits per heavy atom. The summed E-state index contributed by atoms with van der Waals surface area (Å²) in [6, 6.07) is 10.0. The number of amides is 2. The van der Waals surface area contributed by atoms with Crippen LogP contribution in [0.1, 0.15) is 29.8 Å². The van der Waals surface area contributed by atoms with E-state index in [1.807, 2.05) is 13.8 Å². The molecule has 0 aromatic heterocycles. The Labute approximate surface area is 164 Å². The molecule has 2 aromatic carbocycles. The van der Waals surface area contributed by atoms with Gasteiger partial charge in [-0.2, -0.15) is 0 Å². The van der Waals surface area contributed by atoms with Gasteiger partial charge in [-0.1, -0.05) is 26.0 Å². The van der Waals surface area contributed by atoms with Gasteiger partial charge in [0.15, 0.2) is 0 Å². The maximum Gasteiger partial charge on any atom is 0.252 e. The Hall–Kier alpha value is -3.09. The summed E-state index contributed by atoms with van der Waals surface area (Å²) in [4.78, 5) is 25.3. The summed E-state index contributed by atoms with van der Waals surface area (Å²) in [6.45, 7) is 3.83. The molecule has 0 aliphatic heterocycles. The second kappa shape index (κ2) is 9.73. The summed E-state index contributed by atoms with van der Waals surface area (Å²) in [5.74, 6) is -0.335. The van der Waals surface area contributed by atoms with E-state index in [-0.39, 0.29) is 24.2 Å². The number of hydrogen-bond donors (Lipinski definition) is 2. The van der Waals surface area contributed by atoms with E-state index in [2.05, 4.69) is 10.6 Å². The molecule has 7 heteroatoms. The molecule has 0 radical (unpaired) electrons. The normalized spacial score (nSPS) is 11.6. The fraction of sp³-hybridized carbons (Fsp3) is 0.333. The van der Waals surface area contributed by atoms with Gasteiger partial charge in [-0.15, -0.1) is 0 Å². The smallest absolute Gasteiger partial charge is 0.252 e. The van der Waals surface area contributed by atoms with Crippen molar-refractivity contribution in [3.05, 3.63) is 59.4 Å². The summed E-state index contributed by atoms with van der Waals surface area (Å²) in [5, 5.41) is 5.49. The molecular weight excluding hydrogens is 363 g/mol. The highest BCUT2D eigenvalue weighted by molar-refractivity contribution is 5.98. The quantitative estimate of drug-likeness (QED) is 0.729. The van der Waals surface area contributed by atoms with E-state index in [9.17, 15) is 14.0 Å². The number of methoxy groups -OCH3 is 2. The lowest BCUT2D eigenvalue weighted by molar-refractivity contribution is -0.124. The number of ether oxygens (including phenoxy) is 2. The topological polar surface area (TPSA) is 76.7 Å². The van der Waals surface area contributed by atoms with Crippen molar-refractivity contribution in [3.8, 4) is 11.5 Å². The molecule has 6 nitrogen and oxygen atoms in total. The van der Waals surface area contributed by atoms with Gasteiger partial charge in [-0.05, 0) is 35.7 Å². The van der Waals surface area contributed by atoms with Crippen LogP contribution in [0.5, 0.6) is 11.5 Å². The lowest BCUT2D eigenvalue weighted by atomic mass is 10.0. The molecule has 2 aromatic rings. The van der Waals surface area contributed by atoms with Crippen LogP contribution in [-0.4, -0.2) is 32.1 Å². The van der Waals surface area contributed by atoms with Crippen molar-refractivity contribution in [2.45, 2.75) is 26.4 Å². The van der Waals surface area contributed by atoms with E-state index in [0.717, 1.165) is 0 Å². The van der Waals surface area contributed by atoms with Crippen LogP contribution in [0.25, 0.3) is 0 Å². The molecular formula is C21H25FN2O4. The van der Waals surface area contributed by atoms with Crippen LogP contribution < -0.4 is 20.1 Å². The molecule has 0 heterocycles. The Morgan fingerprint density at radius 3 is 2.21 bits per heavy atom. The number of halogens is 1. The van der Waals surface area contributed by atoms with Crippen molar-refractivity contribution in [3.63, 3.8) is 0 Å². The fourth-order valence-corrected chi connectivity index (χ4v) is 2.64. The first-order chi connectivity index (χ1) is 13.3. The number of carbonyl (C=O) groups excluding carboxylic acids is 2. The molecule has 0 fully saturated rings. The SMILES string of the molecule is COc1cc(OC)cc(C(=O)NC(C(=O)NCc2cccc(F)c2)C(C)C)c1. The highest BCUT2D eigenvalue weighted by Crippen LogP contribution is 2.22. The average molecular weight is 388 g/mol. The van der Waals surface area contributed by atoms with Crippen LogP contribution in [0, 0.1) is 11.7 Å². The van der Waals surface area contributed by atoms with Crippen molar-refractivity contribution >= 4 is 11.8 Å². The largest absolute Gasteiger partial charge is 0.497 e. The number of nitrogens with one attached hydrogen (secondary N) is 2. The molecule has 2 amide bonds. The van der Waals surface area contributed by atoms with Crippen molar-refractivity contribution in [1.82, 2.24) is 10.6 Å². The summed E-state index contributed by atoms with van der Waals surface area (Å²) < 4.78 is 23.6. The third-order valence-electron chi connectivity index (χ3n) is 4.21. The Kier molecular flexibility index (Phi) is 7.37. The van der Waals surface area contributed by atoms with Crippen molar-refractivity contribution < 1.29 is 23.5 Å². The summed E-state index contributed by atoms with van der Waals surface area (Å²) in [5.41, 5.74) is 0.958. The second-order valence-electron chi connectivity index (χ2n) is 6.64. The van der Waals surface area contributed by atoms with Crippen LogP contribution in [0.15, 0.2) is 42.5 Å². The van der Waals surface area contributed by atoms with Gasteiger partial charge in [0.25, 0.3) is 5.91 Å². The van der Waals surface area contributed by atoms with E-state index in [0.29, 0.717) is 22.6 Å². The minimum absolute atomic E-state index is 0.149. The summed E-state index contributed by atoms with van der Waals surface area (Å²) in [6.07, 6.45) is 0. The second-order valence-corrected chi connectivity index (χ2v) is 6.64. The minimum Gasteiger partial charge on any atom is -0.497 e. The number of carbonyl (C=O) groups is 2. The van der Waals surface area contributed by atoms with Crippen LogP contribution in [0.3, 0.4) is 0 Å². The van der Waals surface area contributed by atoms with E-state index < -0.39 is 11.9 Å². The summed E-state index contributed by atoms with van der Waals surface area (Å²) in [7, 11) is 2.99. The molecule has 28 heavy (non-hydrogen) atoms. The molecule has 2 rings (SSSR count). The Balaban J connectivity index is 2.09. The van der Waals surface area contributed by atoms with E-state index in [1.165, 1.54) is 26.4 Å². The molecule has 0 saturated heterocycles. The number of hydrogen-bond acceptors (Lipinski definition) is 4. The number of rotatable bonds is 8. The third-order valence-corrected chi connectivity index (χ3v) is 4.21. The van der Waals surface area contributed by atoms with Gasteiger partial charge in [0.2, 0.25) is 5.91 Å². The molecule has 1 unspecified atom stereocenters. The standard InChI is InChI=1S/C21H25FN2O4/c1-13(2)19(21(26)23-12-14-6-5-7-16(22)8-14)24-20(25)15-9-17(27-3)11-18(10-15)28-4/h5-11,13,19H,12H2,1-4H3,(H,23,26)(H,24,25). The molecule has 1 atom stereocenters. The van der Waals surface area contributed by atoms with Crippen LogP contribution >= 0.6 is 0 Å². The van der Waals surface area contributed by atoms with Gasteiger partial charge in [0, 0.05) is 18.2 Å². The molecule has 2 N–H and O–H groups in total. The van der Waals surface area contributed by atoms with Crippen molar-refractivity contribution in [1.29, 1.82) is 0 Å².